The molecule has 0 aliphatic carbocycles. The highest BCUT2D eigenvalue weighted by molar-refractivity contribution is 14.1. The largest absolute Gasteiger partial charge is 0.373 e. The van der Waals surface area contributed by atoms with Crippen LogP contribution in [0.25, 0.3) is 0 Å². The van der Waals surface area contributed by atoms with E-state index in [1.807, 2.05) is 35.6 Å². The molecule has 1 N–H and O–H groups in total. The monoisotopic (exact) mass is 278 g/mol. The van der Waals surface area contributed by atoms with Gasteiger partial charge in [0.15, 0.2) is 0 Å². The minimum Gasteiger partial charge on any atom is -0.295 e. The van der Waals surface area contributed by atoms with E-state index >= 15 is 0 Å². The van der Waals surface area contributed by atoms with Crippen molar-refractivity contribution >= 4 is 28.6 Å². The van der Waals surface area contributed by atoms with Crippen molar-refractivity contribution in [1.82, 2.24) is 0 Å². The maximum absolute atomic E-state index is 10.9. The number of hydrogen-bond donors (Lipinski definition) is 1. The van der Waals surface area contributed by atoms with E-state index in [2.05, 4.69) is 4.89 Å². The Morgan fingerprint density at radius 3 is 2.83 bits per heavy atom. The number of rotatable bonds is 1. The molecule has 4 heteroatoms. The van der Waals surface area contributed by atoms with E-state index in [1.165, 1.54) is 0 Å². The zero-order valence-corrected chi connectivity index (χ0v) is 8.53. The highest BCUT2D eigenvalue weighted by atomic mass is 127. The molecule has 1 aromatic rings. The molecule has 0 amide bonds. The van der Waals surface area contributed by atoms with Crippen molar-refractivity contribution in [3.8, 4) is 0 Å². The summed E-state index contributed by atoms with van der Waals surface area (Å²) in [6, 6.07) is 5.35. The number of aryl methyl sites for hydroxylation is 1. The van der Waals surface area contributed by atoms with Gasteiger partial charge in [-0.05, 0) is 41.6 Å². The van der Waals surface area contributed by atoms with Gasteiger partial charge in [-0.3, -0.25) is 4.89 Å². The van der Waals surface area contributed by atoms with E-state index < -0.39 is 5.97 Å². The summed E-state index contributed by atoms with van der Waals surface area (Å²) in [6.07, 6.45) is 0. The first kappa shape index (κ1) is 9.47. The van der Waals surface area contributed by atoms with Gasteiger partial charge < -0.3 is 0 Å². The molecular formula is C8H7IO3. The molecule has 0 saturated heterocycles. The summed E-state index contributed by atoms with van der Waals surface area (Å²) in [6.45, 7) is 1.87. The van der Waals surface area contributed by atoms with Crippen LogP contribution in [0, 0.1) is 10.5 Å². The van der Waals surface area contributed by atoms with Gasteiger partial charge in [-0.2, -0.15) is 5.26 Å². The van der Waals surface area contributed by atoms with Crippen molar-refractivity contribution in [2.24, 2.45) is 0 Å². The number of halogens is 1. The first-order valence-electron chi connectivity index (χ1n) is 3.27. The second-order valence-corrected chi connectivity index (χ2v) is 3.52. The van der Waals surface area contributed by atoms with E-state index in [0.29, 0.717) is 5.56 Å². The third-order valence-corrected chi connectivity index (χ3v) is 2.37. The fourth-order valence-electron chi connectivity index (χ4n) is 0.845. The third kappa shape index (κ3) is 1.95. The van der Waals surface area contributed by atoms with Crippen molar-refractivity contribution in [1.29, 1.82) is 0 Å². The van der Waals surface area contributed by atoms with Crippen molar-refractivity contribution in [3.63, 3.8) is 0 Å². The number of carbonyl (C=O) groups is 1. The summed E-state index contributed by atoms with van der Waals surface area (Å²) in [5.74, 6) is -0.719. The molecule has 0 bridgehead atoms. The highest BCUT2D eigenvalue weighted by Crippen LogP contribution is 2.14. The van der Waals surface area contributed by atoms with Gasteiger partial charge in [0.25, 0.3) is 0 Å². The molecule has 0 saturated carbocycles. The van der Waals surface area contributed by atoms with Crippen LogP contribution in [0.15, 0.2) is 18.2 Å². The predicted octanol–water partition coefficient (Wildman–Crippen LogP) is 2.23. The number of hydrogen-bond acceptors (Lipinski definition) is 3. The SMILES string of the molecule is Cc1ccc(I)c(C(=O)OO)c1. The molecule has 1 rings (SSSR count). The van der Waals surface area contributed by atoms with Gasteiger partial charge in [0.2, 0.25) is 0 Å². The van der Waals surface area contributed by atoms with Crippen LogP contribution in [0.2, 0.25) is 0 Å². The van der Waals surface area contributed by atoms with Gasteiger partial charge in [-0.1, -0.05) is 11.6 Å². The van der Waals surface area contributed by atoms with Crippen molar-refractivity contribution in [2.45, 2.75) is 6.92 Å². The minimum absolute atomic E-state index is 0.387. The molecule has 12 heavy (non-hydrogen) atoms. The summed E-state index contributed by atoms with van der Waals surface area (Å²) in [5.41, 5.74) is 1.34. The lowest BCUT2D eigenvalue weighted by molar-refractivity contribution is -0.182. The van der Waals surface area contributed by atoms with Gasteiger partial charge in [-0.25, -0.2) is 4.79 Å². The van der Waals surface area contributed by atoms with Crippen LogP contribution in [0.1, 0.15) is 15.9 Å². The molecule has 1 aromatic carbocycles. The molecule has 0 atom stereocenters. The molecule has 64 valence electrons. The van der Waals surface area contributed by atoms with Crippen LogP contribution in [-0.2, 0) is 4.89 Å². The molecule has 0 heterocycles. The van der Waals surface area contributed by atoms with Gasteiger partial charge >= 0.3 is 5.97 Å². The van der Waals surface area contributed by atoms with E-state index in [0.717, 1.165) is 9.13 Å². The molecular weight excluding hydrogens is 271 g/mol. The lowest BCUT2D eigenvalue weighted by Crippen LogP contribution is -2.04. The molecule has 0 fully saturated rings. The molecule has 0 aliphatic heterocycles. The number of benzene rings is 1. The Balaban J connectivity index is 3.13. The second kappa shape index (κ2) is 3.86. The van der Waals surface area contributed by atoms with Crippen molar-refractivity contribution < 1.29 is 14.9 Å². The van der Waals surface area contributed by atoms with Crippen LogP contribution in [0.5, 0.6) is 0 Å². The van der Waals surface area contributed by atoms with Crippen LogP contribution < -0.4 is 0 Å². The van der Waals surface area contributed by atoms with Crippen molar-refractivity contribution in [3.05, 3.63) is 32.9 Å². The fourth-order valence-corrected chi connectivity index (χ4v) is 1.40. The van der Waals surface area contributed by atoms with Crippen LogP contribution in [0.4, 0.5) is 0 Å². The Kier molecular flexibility index (Phi) is 3.05. The third-order valence-electron chi connectivity index (χ3n) is 1.42. The molecule has 3 nitrogen and oxygen atoms in total. The van der Waals surface area contributed by atoms with Crippen LogP contribution >= 0.6 is 22.6 Å². The maximum atomic E-state index is 10.9. The summed E-state index contributed by atoms with van der Waals surface area (Å²) in [5, 5.41) is 8.15. The Morgan fingerprint density at radius 2 is 2.25 bits per heavy atom. The lowest BCUT2D eigenvalue weighted by atomic mass is 10.1. The summed E-state index contributed by atoms with van der Waals surface area (Å²) >= 11 is 2.00. The Morgan fingerprint density at radius 1 is 1.58 bits per heavy atom. The quantitative estimate of drug-likeness (QED) is 0.487. The Bertz CT molecular complexity index is 309. The highest BCUT2D eigenvalue weighted by Gasteiger charge is 2.10. The van der Waals surface area contributed by atoms with E-state index in [-0.39, 0.29) is 0 Å². The summed E-state index contributed by atoms with van der Waals surface area (Å²) in [4.78, 5) is 14.5. The predicted molar refractivity (Wildman–Crippen MR) is 51.9 cm³/mol. The fraction of sp³-hybridized carbons (Fsp3) is 0.125. The van der Waals surface area contributed by atoms with E-state index in [4.69, 9.17) is 5.26 Å². The normalized spacial score (nSPS) is 9.58. The number of carbonyl (C=O) groups excluding carboxylic acids is 1. The molecule has 0 spiro atoms. The van der Waals surface area contributed by atoms with Gasteiger partial charge in [-0.15, -0.1) is 0 Å². The van der Waals surface area contributed by atoms with Gasteiger partial charge in [0.05, 0.1) is 5.56 Å². The maximum Gasteiger partial charge on any atom is 0.373 e. The average molecular weight is 278 g/mol. The van der Waals surface area contributed by atoms with Crippen LogP contribution in [0.3, 0.4) is 0 Å². The lowest BCUT2D eigenvalue weighted by Gasteiger charge is -2.00. The smallest absolute Gasteiger partial charge is 0.295 e. The minimum atomic E-state index is -0.719. The summed E-state index contributed by atoms with van der Waals surface area (Å²) in [7, 11) is 0. The standard InChI is InChI=1S/C8H7IO3/c1-5-2-3-7(9)6(4-5)8(10)12-11/h2-4,11H,1H3. The first-order valence-corrected chi connectivity index (χ1v) is 4.35. The molecule has 0 aliphatic rings. The Hall–Kier alpha value is -0.620. The van der Waals surface area contributed by atoms with Crippen LogP contribution in [-0.4, -0.2) is 11.2 Å². The molecule has 0 unspecified atom stereocenters. The van der Waals surface area contributed by atoms with Crippen molar-refractivity contribution in [2.75, 3.05) is 0 Å². The second-order valence-electron chi connectivity index (χ2n) is 2.36. The first-order chi connectivity index (χ1) is 5.65. The zero-order chi connectivity index (χ0) is 9.14. The van der Waals surface area contributed by atoms with E-state index in [1.54, 1.807) is 12.1 Å². The summed E-state index contributed by atoms with van der Waals surface area (Å²) < 4.78 is 0.761. The van der Waals surface area contributed by atoms with E-state index in [9.17, 15) is 4.79 Å². The molecule has 0 radical (unpaired) electrons. The topological polar surface area (TPSA) is 46.5 Å². The van der Waals surface area contributed by atoms with Gasteiger partial charge in [0, 0.05) is 3.57 Å². The Labute approximate surface area is 83.4 Å². The molecule has 0 aromatic heterocycles. The average Bonchev–Trinajstić information content (AvgIpc) is 2.08. The zero-order valence-electron chi connectivity index (χ0n) is 6.37. The van der Waals surface area contributed by atoms with Gasteiger partial charge in [0.1, 0.15) is 0 Å².